The van der Waals surface area contributed by atoms with Crippen LogP contribution < -0.4 is 16.8 Å². The number of alkyl halides is 2. The van der Waals surface area contributed by atoms with Crippen molar-refractivity contribution in [2.45, 2.75) is 61.0 Å². The van der Waals surface area contributed by atoms with E-state index >= 15 is 0 Å². The second-order valence-electron chi connectivity index (χ2n) is 9.96. The van der Waals surface area contributed by atoms with Crippen LogP contribution in [0.3, 0.4) is 0 Å². The van der Waals surface area contributed by atoms with E-state index in [1.54, 1.807) is 18.6 Å². The number of hydrogen-bond donors (Lipinski definition) is 3. The van der Waals surface area contributed by atoms with Crippen molar-refractivity contribution in [3.63, 3.8) is 0 Å². The maximum atomic E-state index is 11.3. The van der Waals surface area contributed by atoms with E-state index in [-0.39, 0.29) is 24.3 Å². The third-order valence-corrected chi connectivity index (χ3v) is 5.02. The average molecular weight is 734 g/mol. The monoisotopic (exact) mass is 732 g/mol. The molecular weight excluding hydrogens is 683 g/mol. The van der Waals surface area contributed by atoms with Gasteiger partial charge in [-0.3, -0.25) is 15.0 Å². The molecule has 3 heterocycles. The molecule has 0 bridgehead atoms. The fourth-order valence-electron chi connectivity index (χ4n) is 2.92. The molecule has 0 spiro atoms. The van der Waals surface area contributed by atoms with Gasteiger partial charge in [0.05, 0.1) is 42.1 Å². The number of amides is 1. The number of carbonyl (C=O) groups excluding carboxylic acids is 1. The van der Waals surface area contributed by atoms with Crippen LogP contribution in [0.15, 0.2) is 55.0 Å². The maximum absolute atomic E-state index is 11.3. The van der Waals surface area contributed by atoms with Gasteiger partial charge in [-0.15, -0.1) is 35.6 Å². The van der Waals surface area contributed by atoms with Gasteiger partial charge >= 0.3 is 6.09 Å². The van der Waals surface area contributed by atoms with Gasteiger partial charge in [-0.25, -0.2) is 4.79 Å². The topological polar surface area (TPSA) is 138 Å². The average Bonchev–Trinajstić information content (AvgIpc) is 3.04. The first kappa shape index (κ1) is 49.5. The summed E-state index contributed by atoms with van der Waals surface area (Å²) in [6, 6.07) is 11.3. The standard InChI is InChI=1S/C14H18N2O2.2C9H10N2.C4H10O.CH2Cl2.ClH/c1-11-12(7-5-9-15-11)8-6-10-16-13(17)18-14(2,3)4;2*1-8-9(4-2-6-10)5-3-7-11-8;1-3-5-4-2;2-1-3;/h5,7,9H,10H2,1-4H3,(H,16,17);2*3,5,7H,6,10H2,1H3;3-4H2,1-2H3;1H2;1H. The molecule has 0 saturated carbocycles. The van der Waals surface area contributed by atoms with Crippen LogP contribution >= 0.6 is 35.6 Å². The zero-order valence-electron chi connectivity index (χ0n) is 29.8. The summed E-state index contributed by atoms with van der Waals surface area (Å²) in [5.41, 5.74) is 15.5. The summed E-state index contributed by atoms with van der Waals surface area (Å²) in [5.74, 6) is 17.2. The minimum absolute atomic E-state index is 0. The largest absolute Gasteiger partial charge is 0.444 e. The van der Waals surface area contributed by atoms with Crippen molar-refractivity contribution in [2.75, 3.05) is 38.2 Å². The molecule has 0 aliphatic carbocycles. The molecule has 0 atom stereocenters. The SMILES string of the molecule is CCOCC.Cc1ncccc1C#CCN.Cc1ncccc1C#CCN.Cc1ncccc1C#CCNC(=O)OC(C)(C)C.Cl.ClCCl. The number of aryl methyl sites for hydroxylation is 3. The molecule has 0 fully saturated rings. The third kappa shape index (κ3) is 30.0. The fraction of sp³-hybridized carbons (Fsp3) is 0.405. The number of nitrogens with two attached hydrogens (primary N) is 2. The number of aromatic nitrogens is 3. The molecule has 0 radical (unpaired) electrons. The maximum Gasteiger partial charge on any atom is 0.408 e. The van der Waals surface area contributed by atoms with Gasteiger partial charge in [-0.2, -0.15) is 0 Å². The number of rotatable bonds is 3. The van der Waals surface area contributed by atoms with Crippen molar-refractivity contribution >= 4 is 41.7 Å². The third-order valence-electron chi connectivity index (χ3n) is 5.02. The lowest BCUT2D eigenvalue weighted by molar-refractivity contribution is 0.0535. The number of carbonyl (C=O) groups is 1. The molecule has 0 aliphatic rings. The Labute approximate surface area is 310 Å². The lowest BCUT2D eigenvalue weighted by Crippen LogP contribution is -2.32. The lowest BCUT2D eigenvalue weighted by Gasteiger charge is -2.18. The van der Waals surface area contributed by atoms with Gasteiger partial charge in [0.25, 0.3) is 0 Å². The van der Waals surface area contributed by atoms with Crippen LogP contribution in [0.25, 0.3) is 0 Å². The van der Waals surface area contributed by atoms with Crippen LogP contribution in [0.1, 0.15) is 68.4 Å². The molecule has 1 amide bonds. The van der Waals surface area contributed by atoms with E-state index in [9.17, 15) is 4.79 Å². The molecule has 3 aromatic heterocycles. The van der Waals surface area contributed by atoms with E-state index in [4.69, 9.17) is 44.1 Å². The molecule has 5 N–H and O–H groups in total. The second-order valence-corrected chi connectivity index (χ2v) is 10.8. The van der Waals surface area contributed by atoms with Gasteiger partial charge in [0.15, 0.2) is 0 Å². The van der Waals surface area contributed by atoms with Crippen molar-refractivity contribution in [1.29, 1.82) is 0 Å². The number of halogens is 3. The van der Waals surface area contributed by atoms with Crippen LogP contribution in [0, 0.1) is 56.3 Å². The summed E-state index contributed by atoms with van der Waals surface area (Å²) < 4.78 is 9.92. The van der Waals surface area contributed by atoms with Crippen molar-refractivity contribution < 1.29 is 14.3 Å². The summed E-state index contributed by atoms with van der Waals surface area (Å²) in [5, 5.41) is 2.77. The van der Waals surface area contributed by atoms with Gasteiger partial charge < -0.3 is 26.3 Å². The second kappa shape index (κ2) is 32.7. The lowest BCUT2D eigenvalue weighted by atomic mass is 10.2. The first-order chi connectivity index (χ1) is 22.9. The Morgan fingerprint density at radius 2 is 1.10 bits per heavy atom. The van der Waals surface area contributed by atoms with E-state index in [0.717, 1.165) is 47.0 Å². The zero-order chi connectivity index (χ0) is 36.6. The number of alkyl carbamates (subject to hydrolysis) is 1. The first-order valence-electron chi connectivity index (χ1n) is 15.2. The smallest absolute Gasteiger partial charge is 0.408 e. The van der Waals surface area contributed by atoms with Gasteiger partial charge in [-0.05, 0) is 91.8 Å². The van der Waals surface area contributed by atoms with Gasteiger partial charge in [0.1, 0.15) is 5.60 Å². The Kier molecular flexibility index (Phi) is 33.0. The molecule has 0 saturated heterocycles. The van der Waals surface area contributed by atoms with Crippen molar-refractivity contribution in [1.82, 2.24) is 20.3 Å². The summed E-state index contributed by atoms with van der Waals surface area (Å²) in [6.07, 6.45) is 4.77. The van der Waals surface area contributed by atoms with Crippen LogP contribution in [0.5, 0.6) is 0 Å². The number of nitrogens with zero attached hydrogens (tertiary/aromatic N) is 3. The zero-order valence-corrected chi connectivity index (χ0v) is 32.2. The summed E-state index contributed by atoms with van der Waals surface area (Å²) in [4.78, 5) is 23.6. The predicted octanol–water partition coefficient (Wildman–Crippen LogP) is 6.55. The minimum Gasteiger partial charge on any atom is -0.444 e. The summed E-state index contributed by atoms with van der Waals surface area (Å²) in [6.45, 7) is 17.9. The first-order valence-corrected chi connectivity index (χ1v) is 16.2. The van der Waals surface area contributed by atoms with Crippen LogP contribution in [0.4, 0.5) is 4.79 Å². The molecule has 0 unspecified atom stereocenters. The fourth-order valence-corrected chi connectivity index (χ4v) is 2.92. The normalized spacial score (nSPS) is 8.82. The van der Waals surface area contributed by atoms with Crippen molar-refractivity contribution in [2.24, 2.45) is 11.5 Å². The summed E-state index contributed by atoms with van der Waals surface area (Å²) >= 11 is 9.53. The Bertz CT molecular complexity index is 1430. The predicted molar refractivity (Wildman–Crippen MR) is 206 cm³/mol. The van der Waals surface area contributed by atoms with E-state index in [1.165, 1.54) is 0 Å². The molecule has 9 nitrogen and oxygen atoms in total. The number of pyridine rings is 3. The number of ether oxygens (including phenoxy) is 2. The van der Waals surface area contributed by atoms with Gasteiger partial charge in [0.2, 0.25) is 0 Å². The molecule has 0 aromatic carbocycles. The quantitative estimate of drug-likeness (QED) is 0.204. The highest BCUT2D eigenvalue weighted by atomic mass is 35.5. The minimum atomic E-state index is -0.489. The number of nitrogens with one attached hydrogen (secondary N) is 1. The highest BCUT2D eigenvalue weighted by Gasteiger charge is 2.15. The Morgan fingerprint density at radius 1 is 0.755 bits per heavy atom. The Hall–Kier alpha value is -3.85. The molecule has 3 aromatic rings. The Balaban J connectivity index is -0.000000595. The van der Waals surface area contributed by atoms with Crippen molar-refractivity contribution in [3.8, 4) is 35.5 Å². The van der Waals surface area contributed by atoms with E-state index in [1.807, 2.05) is 91.8 Å². The van der Waals surface area contributed by atoms with E-state index in [0.29, 0.717) is 13.1 Å². The number of hydrogen-bond acceptors (Lipinski definition) is 8. The van der Waals surface area contributed by atoms with Crippen LogP contribution in [-0.4, -0.2) is 64.8 Å². The van der Waals surface area contributed by atoms with Gasteiger partial charge in [-0.1, -0.05) is 35.5 Å². The molecule has 268 valence electrons. The highest BCUT2D eigenvalue weighted by Crippen LogP contribution is 2.06. The van der Waals surface area contributed by atoms with Gasteiger partial charge in [0, 0.05) is 48.5 Å². The Morgan fingerprint density at radius 3 is 1.37 bits per heavy atom. The highest BCUT2D eigenvalue weighted by molar-refractivity contribution is 6.40. The van der Waals surface area contributed by atoms with Crippen LogP contribution in [0.2, 0.25) is 0 Å². The van der Waals surface area contributed by atoms with Crippen molar-refractivity contribution in [3.05, 3.63) is 88.8 Å². The molecule has 3 rings (SSSR count). The van der Waals surface area contributed by atoms with E-state index in [2.05, 4.69) is 55.8 Å². The molecular formula is C37H51Cl3N6O3. The molecule has 0 aliphatic heterocycles. The molecule has 12 heteroatoms. The summed E-state index contributed by atoms with van der Waals surface area (Å²) in [7, 11) is 0. The molecule has 49 heavy (non-hydrogen) atoms. The van der Waals surface area contributed by atoms with E-state index < -0.39 is 11.7 Å². The van der Waals surface area contributed by atoms with Crippen LogP contribution in [-0.2, 0) is 9.47 Å².